The van der Waals surface area contributed by atoms with Crippen molar-refractivity contribution in [2.24, 2.45) is 0 Å². The Labute approximate surface area is 131 Å². The molecular weight excluding hydrogens is 303 g/mol. The number of nitrogens with zero attached hydrogens (tertiary/aromatic N) is 1. The molecule has 1 N–H and O–H groups in total. The molecule has 0 saturated heterocycles. The number of fused-ring (bicyclic) bond motifs is 1. The van der Waals surface area contributed by atoms with Crippen molar-refractivity contribution in [3.8, 4) is 11.1 Å². The third-order valence-electron chi connectivity index (χ3n) is 3.79. The summed E-state index contributed by atoms with van der Waals surface area (Å²) in [5.41, 5.74) is 2.16. The van der Waals surface area contributed by atoms with Gasteiger partial charge in [-0.3, -0.25) is 4.98 Å². The molecule has 1 heterocycles. The molecule has 3 rings (SSSR count). The van der Waals surface area contributed by atoms with Crippen LogP contribution in [-0.2, 0) is 12.8 Å². The third kappa shape index (κ3) is 2.80. The summed E-state index contributed by atoms with van der Waals surface area (Å²) >= 11 is 0. The third-order valence-corrected chi connectivity index (χ3v) is 3.79. The SMILES string of the molecule is Cc1cnc2c(C(F)(F)F)cccc2c1-c1cccc(CO)c1. The molecule has 0 bridgehead atoms. The van der Waals surface area contributed by atoms with Crippen molar-refractivity contribution in [2.45, 2.75) is 19.7 Å². The lowest BCUT2D eigenvalue weighted by atomic mass is 9.94. The van der Waals surface area contributed by atoms with E-state index in [4.69, 9.17) is 0 Å². The second kappa shape index (κ2) is 5.66. The van der Waals surface area contributed by atoms with Crippen LogP contribution < -0.4 is 0 Å². The fourth-order valence-electron chi connectivity index (χ4n) is 2.76. The minimum Gasteiger partial charge on any atom is -0.392 e. The summed E-state index contributed by atoms with van der Waals surface area (Å²) in [6, 6.07) is 11.2. The Morgan fingerprint density at radius 2 is 1.83 bits per heavy atom. The number of hydrogen-bond acceptors (Lipinski definition) is 2. The Morgan fingerprint density at radius 1 is 1.09 bits per heavy atom. The Morgan fingerprint density at radius 3 is 2.52 bits per heavy atom. The zero-order chi connectivity index (χ0) is 16.6. The fourth-order valence-corrected chi connectivity index (χ4v) is 2.76. The molecule has 0 spiro atoms. The number of para-hydroxylation sites is 1. The molecular formula is C18H14F3NO. The van der Waals surface area contributed by atoms with Crippen LogP contribution in [0.1, 0.15) is 16.7 Å². The van der Waals surface area contributed by atoms with Crippen LogP contribution in [-0.4, -0.2) is 10.1 Å². The summed E-state index contributed by atoms with van der Waals surface area (Å²) in [6.45, 7) is 1.69. The normalized spacial score (nSPS) is 11.9. The average Bonchev–Trinajstić information content (AvgIpc) is 2.53. The monoisotopic (exact) mass is 317 g/mol. The maximum absolute atomic E-state index is 13.2. The van der Waals surface area contributed by atoms with Gasteiger partial charge in [-0.1, -0.05) is 30.3 Å². The average molecular weight is 317 g/mol. The standard InChI is InChI=1S/C18H14F3NO/c1-11-9-22-17-14(6-3-7-15(17)18(19,20)21)16(11)13-5-2-4-12(8-13)10-23/h2-9,23H,10H2,1H3. The molecule has 1 aromatic heterocycles. The van der Waals surface area contributed by atoms with Crippen LogP contribution in [0.3, 0.4) is 0 Å². The van der Waals surface area contributed by atoms with Crippen molar-refractivity contribution >= 4 is 10.9 Å². The molecule has 0 radical (unpaired) electrons. The van der Waals surface area contributed by atoms with Gasteiger partial charge >= 0.3 is 6.18 Å². The van der Waals surface area contributed by atoms with Crippen molar-refractivity contribution in [1.29, 1.82) is 0 Å². The molecule has 5 heteroatoms. The van der Waals surface area contributed by atoms with Crippen LogP contribution in [0.4, 0.5) is 13.2 Å². The van der Waals surface area contributed by atoms with Gasteiger partial charge < -0.3 is 5.11 Å². The number of aromatic nitrogens is 1. The minimum absolute atomic E-state index is 0.0602. The lowest BCUT2D eigenvalue weighted by Gasteiger charge is -2.14. The Kier molecular flexibility index (Phi) is 3.82. The summed E-state index contributed by atoms with van der Waals surface area (Å²) in [5, 5.41) is 9.73. The number of benzene rings is 2. The Balaban J connectivity index is 2.34. The van der Waals surface area contributed by atoms with Gasteiger partial charge in [-0.25, -0.2) is 0 Å². The molecule has 0 aliphatic rings. The van der Waals surface area contributed by atoms with E-state index >= 15 is 0 Å². The van der Waals surface area contributed by atoms with E-state index in [1.807, 2.05) is 13.0 Å². The van der Waals surface area contributed by atoms with Crippen LogP contribution in [0.2, 0.25) is 0 Å². The minimum atomic E-state index is -4.45. The van der Waals surface area contributed by atoms with Gasteiger partial charge in [0.1, 0.15) is 0 Å². The molecule has 0 aliphatic carbocycles. The maximum atomic E-state index is 13.2. The summed E-state index contributed by atoms with van der Waals surface area (Å²) in [7, 11) is 0. The topological polar surface area (TPSA) is 33.1 Å². The van der Waals surface area contributed by atoms with Gasteiger partial charge in [0, 0.05) is 11.6 Å². The largest absolute Gasteiger partial charge is 0.418 e. The Hall–Kier alpha value is -2.40. The molecule has 3 aromatic rings. The molecule has 0 saturated carbocycles. The van der Waals surface area contributed by atoms with Crippen molar-refractivity contribution in [3.63, 3.8) is 0 Å². The molecule has 0 fully saturated rings. The highest BCUT2D eigenvalue weighted by Gasteiger charge is 2.33. The first-order chi connectivity index (χ1) is 10.9. The smallest absolute Gasteiger partial charge is 0.392 e. The van der Waals surface area contributed by atoms with Gasteiger partial charge in [0.15, 0.2) is 0 Å². The maximum Gasteiger partial charge on any atom is 0.418 e. The van der Waals surface area contributed by atoms with Crippen LogP contribution in [0.15, 0.2) is 48.7 Å². The molecule has 0 amide bonds. The highest BCUT2D eigenvalue weighted by Crippen LogP contribution is 2.38. The fraction of sp³-hybridized carbons (Fsp3) is 0.167. The van der Waals surface area contributed by atoms with E-state index in [1.54, 1.807) is 24.3 Å². The highest BCUT2D eigenvalue weighted by atomic mass is 19.4. The summed E-state index contributed by atoms with van der Waals surface area (Å²) < 4.78 is 39.6. The van der Waals surface area contributed by atoms with E-state index in [1.165, 1.54) is 12.3 Å². The summed E-state index contributed by atoms with van der Waals surface area (Å²) in [6.07, 6.45) is -3.00. The van der Waals surface area contributed by atoms with Crippen molar-refractivity contribution in [1.82, 2.24) is 4.98 Å². The molecule has 0 atom stereocenters. The first-order valence-electron chi connectivity index (χ1n) is 7.07. The van der Waals surface area contributed by atoms with E-state index in [-0.39, 0.29) is 12.1 Å². The van der Waals surface area contributed by atoms with Crippen LogP contribution in [0.5, 0.6) is 0 Å². The zero-order valence-electron chi connectivity index (χ0n) is 12.4. The lowest BCUT2D eigenvalue weighted by molar-refractivity contribution is -0.136. The van der Waals surface area contributed by atoms with Crippen molar-refractivity contribution in [3.05, 3.63) is 65.4 Å². The van der Waals surface area contributed by atoms with Crippen LogP contribution in [0.25, 0.3) is 22.0 Å². The predicted octanol–water partition coefficient (Wildman–Crippen LogP) is 4.72. The van der Waals surface area contributed by atoms with Gasteiger partial charge in [0.2, 0.25) is 0 Å². The van der Waals surface area contributed by atoms with Gasteiger partial charge in [-0.05, 0) is 41.3 Å². The van der Waals surface area contributed by atoms with E-state index in [2.05, 4.69) is 4.98 Å². The van der Waals surface area contributed by atoms with E-state index in [9.17, 15) is 18.3 Å². The van der Waals surface area contributed by atoms with Gasteiger partial charge in [0.05, 0.1) is 17.7 Å². The molecule has 2 nitrogen and oxygen atoms in total. The summed E-state index contributed by atoms with van der Waals surface area (Å²) in [5.74, 6) is 0. The Bertz CT molecular complexity index is 872. The molecule has 2 aromatic carbocycles. The van der Waals surface area contributed by atoms with Gasteiger partial charge in [0.25, 0.3) is 0 Å². The predicted molar refractivity (Wildman–Crippen MR) is 82.8 cm³/mol. The molecule has 23 heavy (non-hydrogen) atoms. The van der Waals surface area contributed by atoms with E-state index in [0.717, 1.165) is 17.2 Å². The van der Waals surface area contributed by atoms with Gasteiger partial charge in [-0.2, -0.15) is 13.2 Å². The number of aryl methyl sites for hydroxylation is 1. The van der Waals surface area contributed by atoms with Crippen LogP contribution in [0, 0.1) is 6.92 Å². The number of halogens is 3. The number of rotatable bonds is 2. The first kappa shape index (κ1) is 15.5. The number of hydrogen-bond donors (Lipinski definition) is 1. The zero-order valence-corrected chi connectivity index (χ0v) is 12.4. The second-order valence-corrected chi connectivity index (χ2v) is 5.37. The molecule has 0 aliphatic heterocycles. The van der Waals surface area contributed by atoms with Crippen molar-refractivity contribution in [2.75, 3.05) is 0 Å². The van der Waals surface area contributed by atoms with Crippen LogP contribution >= 0.6 is 0 Å². The van der Waals surface area contributed by atoms with E-state index < -0.39 is 11.7 Å². The quantitative estimate of drug-likeness (QED) is 0.742. The number of aliphatic hydroxyl groups excluding tert-OH is 1. The first-order valence-corrected chi connectivity index (χ1v) is 7.07. The number of alkyl halides is 3. The van der Waals surface area contributed by atoms with Crippen molar-refractivity contribution < 1.29 is 18.3 Å². The summed E-state index contributed by atoms with van der Waals surface area (Å²) in [4.78, 5) is 4.01. The second-order valence-electron chi connectivity index (χ2n) is 5.37. The molecule has 118 valence electrons. The van der Waals surface area contributed by atoms with E-state index in [0.29, 0.717) is 16.5 Å². The number of aliphatic hydroxyl groups is 1. The van der Waals surface area contributed by atoms with Gasteiger partial charge in [-0.15, -0.1) is 0 Å². The molecule has 0 unspecified atom stereocenters. The highest BCUT2D eigenvalue weighted by molar-refractivity contribution is 5.97. The number of pyridine rings is 1. The lowest BCUT2D eigenvalue weighted by Crippen LogP contribution is -2.07.